The maximum Gasteiger partial charge on any atom is 0.317 e. The molecule has 2 saturated heterocycles. The van der Waals surface area contributed by atoms with Crippen molar-refractivity contribution in [3.63, 3.8) is 0 Å². The van der Waals surface area contributed by atoms with E-state index in [1.54, 1.807) is 18.2 Å². The van der Waals surface area contributed by atoms with E-state index in [1.165, 1.54) is 30.5 Å². The van der Waals surface area contributed by atoms with Crippen LogP contribution in [0.5, 0.6) is 0 Å². The van der Waals surface area contributed by atoms with Gasteiger partial charge < -0.3 is 10.2 Å². The monoisotopic (exact) mass is 461 g/mol. The lowest BCUT2D eigenvalue weighted by molar-refractivity contribution is 0.107. The lowest BCUT2D eigenvalue weighted by atomic mass is 9.96. The summed E-state index contributed by atoms with van der Waals surface area (Å²) in [5, 5.41) is 5.29. The molecular formula is C28H29F2N3O. The Morgan fingerprint density at radius 3 is 2.41 bits per heavy atom. The van der Waals surface area contributed by atoms with Crippen LogP contribution in [0, 0.1) is 11.6 Å². The Morgan fingerprint density at radius 1 is 0.882 bits per heavy atom. The van der Waals surface area contributed by atoms with E-state index in [9.17, 15) is 13.6 Å². The van der Waals surface area contributed by atoms with Gasteiger partial charge in [-0.25, -0.2) is 13.6 Å². The van der Waals surface area contributed by atoms with Crippen LogP contribution in [0.1, 0.15) is 42.4 Å². The molecule has 176 valence electrons. The van der Waals surface area contributed by atoms with Gasteiger partial charge in [0.05, 0.1) is 0 Å². The highest BCUT2D eigenvalue weighted by atomic mass is 19.1. The molecular weight excluding hydrogens is 432 g/mol. The summed E-state index contributed by atoms with van der Waals surface area (Å²) in [6.07, 6.45) is 4.97. The first-order valence-electron chi connectivity index (χ1n) is 12.3. The molecule has 3 atom stereocenters. The van der Waals surface area contributed by atoms with Crippen LogP contribution in [0.3, 0.4) is 0 Å². The first-order valence-corrected chi connectivity index (χ1v) is 12.3. The molecule has 0 spiro atoms. The SMILES string of the molecule is O=C(NC1C[C@H]2CC[C@@H](C1)N2Cc1ccc2cc(F)ccc2c1)N1CCc2cc(F)ccc2C1. The van der Waals surface area contributed by atoms with E-state index in [0.717, 1.165) is 41.3 Å². The largest absolute Gasteiger partial charge is 0.335 e. The summed E-state index contributed by atoms with van der Waals surface area (Å²) in [5.74, 6) is -0.415. The van der Waals surface area contributed by atoms with Gasteiger partial charge in [0.15, 0.2) is 0 Å². The molecule has 4 nitrogen and oxygen atoms in total. The summed E-state index contributed by atoms with van der Waals surface area (Å²) in [6, 6.07) is 17.2. The second-order valence-electron chi connectivity index (χ2n) is 10.1. The molecule has 6 rings (SSSR count). The lowest BCUT2D eigenvalue weighted by Gasteiger charge is -2.40. The van der Waals surface area contributed by atoms with Crippen molar-refractivity contribution in [2.24, 2.45) is 0 Å². The number of carbonyl (C=O) groups excluding carboxylic acids is 1. The average Bonchev–Trinajstić information content (AvgIpc) is 3.06. The van der Waals surface area contributed by atoms with Crippen LogP contribution in [0.25, 0.3) is 10.8 Å². The number of piperidine rings is 1. The third-order valence-electron chi connectivity index (χ3n) is 7.91. The Bertz CT molecular complexity index is 1230. The van der Waals surface area contributed by atoms with Crippen LogP contribution in [-0.2, 0) is 19.5 Å². The Morgan fingerprint density at radius 2 is 1.59 bits per heavy atom. The fourth-order valence-electron chi connectivity index (χ4n) is 6.19. The van der Waals surface area contributed by atoms with Crippen molar-refractivity contribution in [1.29, 1.82) is 0 Å². The van der Waals surface area contributed by atoms with Crippen molar-refractivity contribution < 1.29 is 13.6 Å². The van der Waals surface area contributed by atoms with E-state index in [0.29, 0.717) is 31.6 Å². The second kappa shape index (κ2) is 8.66. The Labute approximate surface area is 198 Å². The number of amides is 2. The molecule has 0 saturated carbocycles. The van der Waals surface area contributed by atoms with Gasteiger partial charge in [0.2, 0.25) is 0 Å². The number of halogens is 2. The van der Waals surface area contributed by atoms with Gasteiger partial charge in [0.25, 0.3) is 0 Å². The predicted molar refractivity (Wildman–Crippen MR) is 128 cm³/mol. The number of benzene rings is 3. The fraction of sp³-hybridized carbons (Fsp3) is 0.393. The summed E-state index contributed by atoms with van der Waals surface area (Å²) >= 11 is 0. The molecule has 0 aromatic heterocycles. The summed E-state index contributed by atoms with van der Waals surface area (Å²) in [5.41, 5.74) is 3.30. The number of rotatable bonds is 3. The van der Waals surface area contributed by atoms with E-state index in [-0.39, 0.29) is 23.7 Å². The van der Waals surface area contributed by atoms with E-state index >= 15 is 0 Å². The standard InChI is InChI=1S/C28H29F2N3O/c29-23-5-3-19-11-18(1-2-20(19)12-23)16-33-26-7-8-27(33)15-25(14-26)31-28(34)32-10-9-21-13-24(30)6-4-22(21)17-32/h1-6,11-13,25-27H,7-10,14-17H2,(H,31,34)/t25?,26-,27+. The highest BCUT2D eigenvalue weighted by Gasteiger charge is 2.41. The minimum Gasteiger partial charge on any atom is -0.335 e. The van der Waals surface area contributed by atoms with Gasteiger partial charge in [-0.05, 0) is 89.9 Å². The van der Waals surface area contributed by atoms with Gasteiger partial charge in [-0.3, -0.25) is 4.90 Å². The predicted octanol–water partition coefficient (Wildman–Crippen LogP) is 5.38. The minimum absolute atomic E-state index is 0.00501. The number of hydrogen-bond acceptors (Lipinski definition) is 2. The van der Waals surface area contributed by atoms with Crippen LogP contribution in [0.2, 0.25) is 0 Å². The summed E-state index contributed by atoms with van der Waals surface area (Å²) < 4.78 is 27.0. The lowest BCUT2D eigenvalue weighted by Crippen LogP contribution is -2.53. The van der Waals surface area contributed by atoms with Gasteiger partial charge in [0, 0.05) is 37.8 Å². The summed E-state index contributed by atoms with van der Waals surface area (Å²) in [4.78, 5) is 17.4. The third kappa shape index (κ3) is 4.16. The molecule has 2 bridgehead atoms. The van der Waals surface area contributed by atoms with Crippen LogP contribution in [-0.4, -0.2) is 40.5 Å². The van der Waals surface area contributed by atoms with Crippen LogP contribution < -0.4 is 5.32 Å². The van der Waals surface area contributed by atoms with Crippen LogP contribution in [0.4, 0.5) is 13.6 Å². The molecule has 3 aromatic carbocycles. The van der Waals surface area contributed by atoms with Crippen molar-refractivity contribution in [2.75, 3.05) is 6.54 Å². The molecule has 1 unspecified atom stereocenters. The second-order valence-corrected chi connectivity index (χ2v) is 10.1. The molecule has 3 aromatic rings. The molecule has 3 aliphatic rings. The molecule has 3 aliphatic heterocycles. The zero-order valence-corrected chi connectivity index (χ0v) is 19.1. The van der Waals surface area contributed by atoms with E-state index in [2.05, 4.69) is 22.3 Å². The minimum atomic E-state index is -0.212. The maximum absolute atomic E-state index is 13.5. The third-order valence-corrected chi connectivity index (χ3v) is 7.91. The zero-order valence-electron chi connectivity index (χ0n) is 19.1. The molecule has 0 radical (unpaired) electrons. The Balaban J connectivity index is 1.08. The van der Waals surface area contributed by atoms with Gasteiger partial charge in [-0.15, -0.1) is 0 Å². The topological polar surface area (TPSA) is 35.6 Å². The summed E-state index contributed by atoms with van der Waals surface area (Å²) in [6.45, 7) is 2.06. The zero-order chi connectivity index (χ0) is 23.2. The van der Waals surface area contributed by atoms with Crippen molar-refractivity contribution in [2.45, 2.75) is 63.3 Å². The van der Waals surface area contributed by atoms with E-state index in [1.807, 2.05) is 17.0 Å². The molecule has 34 heavy (non-hydrogen) atoms. The smallest absolute Gasteiger partial charge is 0.317 e. The van der Waals surface area contributed by atoms with Crippen LogP contribution in [0.15, 0.2) is 54.6 Å². The molecule has 2 amide bonds. The number of carbonyl (C=O) groups is 1. The summed E-state index contributed by atoms with van der Waals surface area (Å²) in [7, 11) is 0. The fourth-order valence-corrected chi connectivity index (χ4v) is 6.19. The van der Waals surface area contributed by atoms with Gasteiger partial charge in [-0.2, -0.15) is 0 Å². The van der Waals surface area contributed by atoms with E-state index < -0.39 is 0 Å². The average molecular weight is 462 g/mol. The molecule has 3 heterocycles. The van der Waals surface area contributed by atoms with Crippen molar-refractivity contribution in [3.05, 3.63) is 82.9 Å². The Hall–Kier alpha value is -2.99. The van der Waals surface area contributed by atoms with Gasteiger partial charge in [-0.1, -0.05) is 24.3 Å². The quantitative estimate of drug-likeness (QED) is 0.568. The maximum atomic E-state index is 13.5. The molecule has 1 N–H and O–H groups in total. The molecule has 0 aliphatic carbocycles. The van der Waals surface area contributed by atoms with Crippen molar-refractivity contribution in [3.8, 4) is 0 Å². The first kappa shape index (κ1) is 21.5. The van der Waals surface area contributed by atoms with Gasteiger partial charge >= 0.3 is 6.03 Å². The van der Waals surface area contributed by atoms with Gasteiger partial charge in [0.1, 0.15) is 11.6 Å². The number of fused-ring (bicyclic) bond motifs is 4. The number of urea groups is 1. The Kier molecular flexibility index (Phi) is 5.48. The molecule has 6 heteroatoms. The first-order chi connectivity index (χ1) is 16.5. The highest BCUT2D eigenvalue weighted by molar-refractivity contribution is 5.83. The molecule has 2 fully saturated rings. The van der Waals surface area contributed by atoms with Crippen molar-refractivity contribution >= 4 is 16.8 Å². The highest BCUT2D eigenvalue weighted by Crippen LogP contribution is 2.37. The van der Waals surface area contributed by atoms with Crippen LogP contribution >= 0.6 is 0 Å². The van der Waals surface area contributed by atoms with E-state index in [4.69, 9.17) is 0 Å². The number of nitrogens with one attached hydrogen (secondary N) is 1. The van der Waals surface area contributed by atoms with Crippen molar-refractivity contribution in [1.82, 2.24) is 15.1 Å². The number of nitrogens with zero attached hydrogens (tertiary/aromatic N) is 2. The normalized spacial score (nSPS) is 24.3. The number of hydrogen-bond donors (Lipinski definition) is 1.